The molecule has 3 unspecified atom stereocenters. The summed E-state index contributed by atoms with van der Waals surface area (Å²) in [6, 6.07) is 11.0. The van der Waals surface area contributed by atoms with Crippen LogP contribution in [0.15, 0.2) is 48.5 Å². The molecule has 6 nitrogen and oxygen atoms in total. The standard InChI is InChI=1S/C22H23F3N2O4/c1-13(14-6-8-17(9-7-14)22(23,24)25)26-20(30)18(28)19(29)21(31)27-11-10-15-4-2-3-5-16(15)12-27/h2-9,13,18-19,28-29H,10-12H2,1H3,(H,26,30). The van der Waals surface area contributed by atoms with Crippen molar-refractivity contribution in [2.45, 2.75) is 44.3 Å². The Kier molecular flexibility index (Phi) is 6.66. The molecule has 1 aliphatic rings. The summed E-state index contributed by atoms with van der Waals surface area (Å²) in [5.41, 5.74) is 1.59. The largest absolute Gasteiger partial charge is 0.416 e. The van der Waals surface area contributed by atoms with E-state index in [1.807, 2.05) is 24.3 Å². The van der Waals surface area contributed by atoms with Crippen LogP contribution in [0, 0.1) is 0 Å². The fraction of sp³-hybridized carbons (Fsp3) is 0.364. The number of hydrogen-bond acceptors (Lipinski definition) is 4. The van der Waals surface area contributed by atoms with Gasteiger partial charge in [0, 0.05) is 13.1 Å². The van der Waals surface area contributed by atoms with Gasteiger partial charge in [-0.25, -0.2) is 0 Å². The summed E-state index contributed by atoms with van der Waals surface area (Å²) >= 11 is 0. The number of alkyl halides is 3. The van der Waals surface area contributed by atoms with Crippen molar-refractivity contribution >= 4 is 11.8 Å². The number of fused-ring (bicyclic) bond motifs is 1. The zero-order chi connectivity index (χ0) is 22.8. The Labute approximate surface area is 177 Å². The average Bonchev–Trinajstić information content (AvgIpc) is 2.76. The van der Waals surface area contributed by atoms with Gasteiger partial charge in [-0.3, -0.25) is 9.59 Å². The highest BCUT2D eigenvalue weighted by Gasteiger charge is 2.35. The summed E-state index contributed by atoms with van der Waals surface area (Å²) in [5.74, 6) is -1.76. The third-order valence-electron chi connectivity index (χ3n) is 5.36. The highest BCUT2D eigenvalue weighted by Crippen LogP contribution is 2.30. The molecular formula is C22H23F3N2O4. The summed E-state index contributed by atoms with van der Waals surface area (Å²) in [6.07, 6.45) is -7.84. The lowest BCUT2D eigenvalue weighted by Crippen LogP contribution is -2.51. The first-order chi connectivity index (χ1) is 14.6. The minimum Gasteiger partial charge on any atom is -0.380 e. The number of carbonyl (C=O) groups excluding carboxylic acids is 2. The Balaban J connectivity index is 1.59. The Bertz CT molecular complexity index is 947. The van der Waals surface area contributed by atoms with Gasteiger partial charge in [0.2, 0.25) is 0 Å². The summed E-state index contributed by atoms with van der Waals surface area (Å²) in [6.45, 7) is 2.13. The number of aliphatic hydroxyl groups excluding tert-OH is 2. The number of halogens is 3. The van der Waals surface area contributed by atoms with Gasteiger partial charge in [-0.2, -0.15) is 13.2 Å². The summed E-state index contributed by atoms with van der Waals surface area (Å²) in [4.78, 5) is 26.3. The van der Waals surface area contributed by atoms with E-state index in [-0.39, 0.29) is 6.54 Å². The van der Waals surface area contributed by atoms with E-state index < -0.39 is 41.8 Å². The first kappa shape index (κ1) is 22.8. The lowest BCUT2D eigenvalue weighted by Gasteiger charge is -2.31. The minimum absolute atomic E-state index is 0.266. The van der Waals surface area contributed by atoms with E-state index in [0.717, 1.165) is 23.3 Å². The van der Waals surface area contributed by atoms with E-state index in [4.69, 9.17) is 0 Å². The molecule has 2 aromatic carbocycles. The maximum atomic E-state index is 12.7. The molecule has 2 amide bonds. The number of nitrogens with one attached hydrogen (secondary N) is 1. The first-order valence-electron chi connectivity index (χ1n) is 9.77. The van der Waals surface area contributed by atoms with E-state index in [0.29, 0.717) is 18.5 Å². The molecule has 1 aliphatic heterocycles. The zero-order valence-electron chi connectivity index (χ0n) is 16.8. The fourth-order valence-corrected chi connectivity index (χ4v) is 3.49. The highest BCUT2D eigenvalue weighted by molar-refractivity contribution is 5.91. The predicted molar refractivity (Wildman–Crippen MR) is 106 cm³/mol. The van der Waals surface area contributed by atoms with Gasteiger partial charge < -0.3 is 20.4 Å². The predicted octanol–water partition coefficient (Wildman–Crippen LogP) is 2.19. The molecule has 0 radical (unpaired) electrons. The van der Waals surface area contributed by atoms with Crippen LogP contribution in [0.25, 0.3) is 0 Å². The SMILES string of the molecule is CC(NC(=O)C(O)C(O)C(=O)N1CCc2ccccc2C1)c1ccc(C(F)(F)F)cc1. The van der Waals surface area contributed by atoms with E-state index in [9.17, 15) is 33.0 Å². The molecule has 2 aromatic rings. The third-order valence-corrected chi connectivity index (χ3v) is 5.36. The number of rotatable bonds is 5. The van der Waals surface area contributed by atoms with Crippen molar-refractivity contribution in [3.05, 3.63) is 70.8 Å². The Hall–Kier alpha value is -2.91. The van der Waals surface area contributed by atoms with Crippen molar-refractivity contribution in [2.75, 3.05) is 6.54 Å². The molecule has 3 N–H and O–H groups in total. The van der Waals surface area contributed by atoms with Crippen LogP contribution < -0.4 is 5.32 Å². The van der Waals surface area contributed by atoms with Gasteiger partial charge >= 0.3 is 6.18 Å². The minimum atomic E-state index is -4.47. The first-order valence-corrected chi connectivity index (χ1v) is 9.77. The van der Waals surface area contributed by atoms with Crippen LogP contribution in [0.1, 0.15) is 35.2 Å². The van der Waals surface area contributed by atoms with E-state index >= 15 is 0 Å². The van der Waals surface area contributed by atoms with Crippen LogP contribution in [0.4, 0.5) is 13.2 Å². The van der Waals surface area contributed by atoms with Crippen molar-refractivity contribution in [3.63, 3.8) is 0 Å². The van der Waals surface area contributed by atoms with Crippen molar-refractivity contribution in [2.24, 2.45) is 0 Å². The average molecular weight is 436 g/mol. The van der Waals surface area contributed by atoms with E-state index in [2.05, 4.69) is 5.32 Å². The summed E-state index contributed by atoms with van der Waals surface area (Å²) in [7, 11) is 0. The molecule has 31 heavy (non-hydrogen) atoms. The lowest BCUT2D eigenvalue weighted by molar-refractivity contribution is -0.154. The smallest absolute Gasteiger partial charge is 0.380 e. The summed E-state index contributed by atoms with van der Waals surface area (Å²) in [5, 5.41) is 22.8. The molecule has 0 spiro atoms. The van der Waals surface area contributed by atoms with E-state index in [1.165, 1.54) is 24.0 Å². The number of hydrogen-bond donors (Lipinski definition) is 3. The Morgan fingerprint density at radius 3 is 2.23 bits per heavy atom. The van der Waals surface area contributed by atoms with Gasteiger partial charge in [0.05, 0.1) is 11.6 Å². The molecule has 3 atom stereocenters. The lowest BCUT2D eigenvalue weighted by atomic mass is 9.99. The third kappa shape index (κ3) is 5.23. The monoisotopic (exact) mass is 436 g/mol. The second-order valence-electron chi connectivity index (χ2n) is 7.52. The van der Waals surface area contributed by atoms with Gasteiger partial charge in [-0.15, -0.1) is 0 Å². The number of carbonyl (C=O) groups is 2. The molecule has 9 heteroatoms. The number of amides is 2. The zero-order valence-corrected chi connectivity index (χ0v) is 16.8. The topological polar surface area (TPSA) is 89.9 Å². The molecule has 3 rings (SSSR count). The number of nitrogens with zero attached hydrogens (tertiary/aromatic N) is 1. The van der Waals surface area contributed by atoms with Crippen LogP contribution in [-0.2, 0) is 28.7 Å². The van der Waals surface area contributed by atoms with Gasteiger partial charge in [-0.1, -0.05) is 36.4 Å². The second-order valence-corrected chi connectivity index (χ2v) is 7.52. The van der Waals surface area contributed by atoms with Crippen LogP contribution in [0.5, 0.6) is 0 Å². The van der Waals surface area contributed by atoms with Crippen LogP contribution >= 0.6 is 0 Å². The van der Waals surface area contributed by atoms with Crippen molar-refractivity contribution < 1.29 is 33.0 Å². The van der Waals surface area contributed by atoms with Gasteiger partial charge in [0.15, 0.2) is 12.2 Å². The normalized spacial score (nSPS) is 16.8. The van der Waals surface area contributed by atoms with Crippen molar-refractivity contribution in [3.8, 4) is 0 Å². The second kappa shape index (κ2) is 9.07. The molecule has 0 aliphatic carbocycles. The van der Waals surface area contributed by atoms with Crippen LogP contribution in [0.3, 0.4) is 0 Å². The number of aliphatic hydroxyl groups is 2. The Morgan fingerprint density at radius 2 is 1.61 bits per heavy atom. The fourth-order valence-electron chi connectivity index (χ4n) is 3.49. The Morgan fingerprint density at radius 1 is 1.00 bits per heavy atom. The molecule has 0 bridgehead atoms. The molecule has 0 saturated carbocycles. The molecule has 0 fully saturated rings. The maximum absolute atomic E-state index is 12.7. The molecule has 0 aromatic heterocycles. The van der Waals surface area contributed by atoms with Crippen LogP contribution in [-0.4, -0.2) is 45.7 Å². The quantitative estimate of drug-likeness (QED) is 0.671. The van der Waals surface area contributed by atoms with Gasteiger partial charge in [0.25, 0.3) is 11.8 Å². The van der Waals surface area contributed by atoms with Gasteiger partial charge in [-0.05, 0) is 42.2 Å². The molecule has 0 saturated heterocycles. The van der Waals surface area contributed by atoms with E-state index in [1.54, 1.807) is 0 Å². The molecule has 166 valence electrons. The molecule has 1 heterocycles. The number of benzene rings is 2. The summed E-state index contributed by atoms with van der Waals surface area (Å²) < 4.78 is 38.0. The van der Waals surface area contributed by atoms with Crippen LogP contribution in [0.2, 0.25) is 0 Å². The highest BCUT2D eigenvalue weighted by atomic mass is 19.4. The maximum Gasteiger partial charge on any atom is 0.416 e. The molecular weight excluding hydrogens is 413 g/mol. The van der Waals surface area contributed by atoms with Gasteiger partial charge in [0.1, 0.15) is 0 Å². The van der Waals surface area contributed by atoms with Crippen molar-refractivity contribution in [1.82, 2.24) is 10.2 Å². The van der Waals surface area contributed by atoms with Crippen molar-refractivity contribution in [1.29, 1.82) is 0 Å².